The highest BCUT2D eigenvalue weighted by atomic mass is 15.1. The summed E-state index contributed by atoms with van der Waals surface area (Å²) in [5.74, 6) is 0. The molecule has 0 spiro atoms. The van der Waals surface area contributed by atoms with Crippen LogP contribution in [0.1, 0.15) is 19.5 Å². The van der Waals surface area contributed by atoms with Crippen LogP contribution in [0.3, 0.4) is 0 Å². The van der Waals surface area contributed by atoms with Crippen molar-refractivity contribution in [2.45, 2.75) is 19.3 Å². The number of para-hydroxylation sites is 1. The predicted molar refractivity (Wildman–Crippen MR) is 131 cm³/mol. The fourth-order valence-corrected chi connectivity index (χ4v) is 4.08. The molecule has 0 saturated carbocycles. The normalized spacial score (nSPS) is 11.8. The minimum Gasteiger partial charge on any atom is -0.295 e. The number of nitriles is 1. The highest BCUT2D eigenvalue weighted by molar-refractivity contribution is 6.01. The van der Waals surface area contributed by atoms with Crippen LogP contribution in [0.15, 0.2) is 79.5 Å². The Labute approximate surface area is 195 Å². The number of hydrogen-bond acceptors (Lipinski definition) is 6. The van der Waals surface area contributed by atoms with E-state index in [0.29, 0.717) is 0 Å². The maximum absolute atomic E-state index is 9.41. The zero-order valence-electron chi connectivity index (χ0n) is 18.6. The van der Waals surface area contributed by atoms with Gasteiger partial charge in [-0.15, -0.1) is 0 Å². The van der Waals surface area contributed by atoms with Gasteiger partial charge in [0.05, 0.1) is 52.0 Å². The monoisotopic (exact) mass is 441 g/mol. The first-order valence-electron chi connectivity index (χ1n) is 10.9. The number of nitrogens with zero attached hydrogens (tertiary/aromatic N) is 7. The van der Waals surface area contributed by atoms with Crippen LogP contribution in [0.4, 0.5) is 0 Å². The third kappa shape index (κ3) is 3.16. The van der Waals surface area contributed by atoms with Crippen molar-refractivity contribution in [3.05, 3.63) is 85.2 Å². The summed E-state index contributed by atoms with van der Waals surface area (Å²) >= 11 is 0. The fourth-order valence-electron chi connectivity index (χ4n) is 4.08. The van der Waals surface area contributed by atoms with Gasteiger partial charge in [0.15, 0.2) is 0 Å². The zero-order valence-corrected chi connectivity index (χ0v) is 18.6. The lowest BCUT2D eigenvalue weighted by atomic mass is 9.91. The second-order valence-corrected chi connectivity index (χ2v) is 8.73. The Morgan fingerprint density at radius 2 is 1.68 bits per heavy atom. The van der Waals surface area contributed by atoms with E-state index < -0.39 is 5.41 Å². The van der Waals surface area contributed by atoms with Gasteiger partial charge in [-0.1, -0.05) is 18.2 Å². The Bertz CT molecular complexity index is 1740. The third-order valence-electron chi connectivity index (χ3n) is 6.05. The molecule has 0 unspecified atom stereocenters. The first-order chi connectivity index (χ1) is 16.5. The molecule has 0 fully saturated rings. The smallest absolute Gasteiger partial charge is 0.116 e. The van der Waals surface area contributed by atoms with Crippen LogP contribution in [0.25, 0.3) is 49.9 Å². The molecule has 0 radical (unpaired) electrons. The first kappa shape index (κ1) is 19.9. The van der Waals surface area contributed by atoms with E-state index in [4.69, 9.17) is 4.98 Å². The second-order valence-electron chi connectivity index (χ2n) is 8.73. The number of pyridine rings is 4. The molecule has 5 heterocycles. The molecule has 5 aromatic heterocycles. The SMILES string of the molecule is CC(C)(C#N)c1ccc(-n2cnc3cnc4ccc(-c5cnc6ccccc6c5)nc4c32)cn1. The molecule has 0 amide bonds. The van der Waals surface area contributed by atoms with Gasteiger partial charge in [0.1, 0.15) is 22.9 Å². The van der Waals surface area contributed by atoms with Crippen LogP contribution >= 0.6 is 0 Å². The van der Waals surface area contributed by atoms with Gasteiger partial charge in [0.25, 0.3) is 0 Å². The molecule has 7 heteroatoms. The van der Waals surface area contributed by atoms with Gasteiger partial charge in [-0.3, -0.25) is 19.5 Å². The first-order valence-corrected chi connectivity index (χ1v) is 10.9. The summed E-state index contributed by atoms with van der Waals surface area (Å²) in [6.07, 6.45) is 7.12. The molecular formula is C27H19N7. The number of aromatic nitrogens is 6. The molecule has 0 atom stereocenters. The largest absolute Gasteiger partial charge is 0.295 e. The summed E-state index contributed by atoms with van der Waals surface area (Å²) in [6.45, 7) is 3.71. The molecule has 34 heavy (non-hydrogen) atoms. The Morgan fingerprint density at radius 1 is 0.824 bits per heavy atom. The predicted octanol–water partition coefficient (Wildman–Crippen LogP) is 5.38. The van der Waals surface area contributed by atoms with Crippen LogP contribution in [-0.4, -0.2) is 29.5 Å². The van der Waals surface area contributed by atoms with Crippen molar-refractivity contribution in [1.29, 1.82) is 5.26 Å². The van der Waals surface area contributed by atoms with E-state index in [1.54, 1.807) is 18.7 Å². The lowest BCUT2D eigenvalue weighted by Gasteiger charge is -2.15. The van der Waals surface area contributed by atoms with Crippen LogP contribution < -0.4 is 0 Å². The number of rotatable bonds is 3. The molecule has 0 bridgehead atoms. The maximum atomic E-state index is 9.41. The molecule has 0 saturated heterocycles. The molecule has 162 valence electrons. The highest BCUT2D eigenvalue weighted by Crippen LogP contribution is 2.29. The van der Waals surface area contributed by atoms with Crippen LogP contribution in [-0.2, 0) is 5.41 Å². The number of imidazole rings is 1. The zero-order chi connectivity index (χ0) is 23.3. The molecule has 7 nitrogen and oxygen atoms in total. The highest BCUT2D eigenvalue weighted by Gasteiger charge is 2.21. The summed E-state index contributed by atoms with van der Waals surface area (Å²) in [4.78, 5) is 23.2. The second kappa shape index (κ2) is 7.42. The van der Waals surface area contributed by atoms with Gasteiger partial charge in [-0.05, 0) is 50.2 Å². The van der Waals surface area contributed by atoms with Crippen molar-refractivity contribution < 1.29 is 0 Å². The molecule has 0 aliphatic heterocycles. The minimum atomic E-state index is -0.656. The Morgan fingerprint density at radius 3 is 2.50 bits per heavy atom. The number of benzene rings is 1. The van der Waals surface area contributed by atoms with Crippen molar-refractivity contribution in [2.24, 2.45) is 0 Å². The van der Waals surface area contributed by atoms with Gasteiger partial charge < -0.3 is 0 Å². The van der Waals surface area contributed by atoms with E-state index in [2.05, 4.69) is 32.1 Å². The van der Waals surface area contributed by atoms with Crippen LogP contribution in [0, 0.1) is 11.3 Å². The van der Waals surface area contributed by atoms with E-state index >= 15 is 0 Å². The summed E-state index contributed by atoms with van der Waals surface area (Å²) < 4.78 is 1.96. The Kier molecular flexibility index (Phi) is 4.36. The van der Waals surface area contributed by atoms with Crippen LogP contribution in [0.2, 0.25) is 0 Å². The maximum Gasteiger partial charge on any atom is 0.116 e. The van der Waals surface area contributed by atoms with E-state index in [0.717, 1.165) is 55.6 Å². The van der Waals surface area contributed by atoms with Gasteiger partial charge in [-0.25, -0.2) is 9.97 Å². The molecule has 6 aromatic rings. The third-order valence-corrected chi connectivity index (χ3v) is 6.05. The molecule has 0 aliphatic rings. The van der Waals surface area contributed by atoms with Crippen molar-refractivity contribution in [3.63, 3.8) is 0 Å². The average molecular weight is 441 g/mol. The molecule has 6 rings (SSSR count). The van der Waals surface area contributed by atoms with Gasteiger partial charge >= 0.3 is 0 Å². The Hall–Kier alpha value is -4.70. The summed E-state index contributed by atoms with van der Waals surface area (Å²) in [6, 6.07) is 20.2. The van der Waals surface area contributed by atoms with Gasteiger partial charge in [0, 0.05) is 17.1 Å². The van der Waals surface area contributed by atoms with Crippen molar-refractivity contribution in [2.75, 3.05) is 0 Å². The van der Waals surface area contributed by atoms with Gasteiger partial charge in [0.2, 0.25) is 0 Å². The topological polar surface area (TPSA) is 93.2 Å². The summed E-state index contributed by atoms with van der Waals surface area (Å²) in [7, 11) is 0. The summed E-state index contributed by atoms with van der Waals surface area (Å²) in [5, 5.41) is 10.5. The molecular weight excluding hydrogens is 422 g/mol. The standard InChI is InChI=1S/C27H19N7/c1-27(2,15-28)24-10-7-19(13-31-24)34-16-32-23-14-30-22-9-8-21(33-25(22)26(23)34)18-11-17-5-3-4-6-20(17)29-12-18/h3-14,16H,1-2H3. The van der Waals surface area contributed by atoms with Crippen molar-refractivity contribution in [1.82, 2.24) is 29.5 Å². The number of fused-ring (bicyclic) bond motifs is 4. The lowest BCUT2D eigenvalue weighted by Crippen LogP contribution is -2.15. The lowest BCUT2D eigenvalue weighted by molar-refractivity contribution is 0.659. The quantitative estimate of drug-likeness (QED) is 0.366. The van der Waals surface area contributed by atoms with Gasteiger partial charge in [-0.2, -0.15) is 5.26 Å². The summed E-state index contributed by atoms with van der Waals surface area (Å²) in [5.41, 5.74) is 6.74. The van der Waals surface area contributed by atoms with E-state index in [1.807, 2.05) is 73.1 Å². The minimum absolute atomic E-state index is 0.656. The Balaban J connectivity index is 1.52. The molecule has 0 N–H and O–H groups in total. The van der Waals surface area contributed by atoms with E-state index in [9.17, 15) is 5.26 Å². The van der Waals surface area contributed by atoms with Crippen molar-refractivity contribution >= 4 is 33.0 Å². The molecule has 1 aromatic carbocycles. The average Bonchev–Trinajstić information content (AvgIpc) is 3.33. The fraction of sp³-hybridized carbons (Fsp3) is 0.111. The molecule has 0 aliphatic carbocycles. The van der Waals surface area contributed by atoms with E-state index in [1.165, 1.54) is 0 Å². The van der Waals surface area contributed by atoms with Crippen LogP contribution in [0.5, 0.6) is 0 Å². The van der Waals surface area contributed by atoms with E-state index in [-0.39, 0.29) is 0 Å². The number of hydrogen-bond donors (Lipinski definition) is 0. The van der Waals surface area contributed by atoms with Crippen molar-refractivity contribution in [3.8, 4) is 23.0 Å².